The fourth-order valence-corrected chi connectivity index (χ4v) is 2.11. The molecular weight excluding hydrogens is 228 g/mol. The minimum atomic E-state index is -3.29. The van der Waals surface area contributed by atoms with E-state index in [0.717, 1.165) is 38.6 Å². The number of carbonyl (C=O) groups is 1. The molecule has 0 aromatic heterocycles. The van der Waals surface area contributed by atoms with E-state index in [0.29, 0.717) is 0 Å². The maximum absolute atomic E-state index is 11.7. The number of amides is 1. The van der Waals surface area contributed by atoms with E-state index in [9.17, 15) is 13.2 Å². The molecule has 1 amide bonds. The zero-order chi connectivity index (χ0) is 12.2. The van der Waals surface area contributed by atoms with E-state index in [2.05, 4.69) is 10.6 Å². The lowest BCUT2D eigenvalue weighted by Gasteiger charge is -2.18. The van der Waals surface area contributed by atoms with Crippen LogP contribution in [-0.2, 0) is 14.6 Å². The van der Waals surface area contributed by atoms with E-state index in [4.69, 9.17) is 0 Å². The molecule has 0 radical (unpaired) electrons. The van der Waals surface area contributed by atoms with Gasteiger partial charge in [-0.05, 0) is 26.3 Å². The fraction of sp³-hybridized carbons (Fsp3) is 0.900. The Hall–Kier alpha value is -0.620. The highest BCUT2D eigenvalue weighted by molar-refractivity contribution is 7.92. The standard InChI is InChI=1S/C10H20N2O3S/c1-8(16(2,14)15)10(13)12-9-5-3-4-6-11-7-9/h8-9,11H,3-7H2,1-2H3,(H,12,13). The van der Waals surface area contributed by atoms with Crippen molar-refractivity contribution in [3.05, 3.63) is 0 Å². The van der Waals surface area contributed by atoms with Gasteiger partial charge in [0.15, 0.2) is 9.84 Å². The lowest BCUT2D eigenvalue weighted by molar-refractivity contribution is -0.121. The van der Waals surface area contributed by atoms with Gasteiger partial charge in [0.1, 0.15) is 5.25 Å². The second-order valence-electron chi connectivity index (χ2n) is 4.38. The highest BCUT2D eigenvalue weighted by Gasteiger charge is 2.25. The molecule has 1 saturated heterocycles. The SMILES string of the molecule is CC(C(=O)NC1CCCCNC1)S(C)(=O)=O. The summed E-state index contributed by atoms with van der Waals surface area (Å²) >= 11 is 0. The molecule has 1 aliphatic rings. The maximum Gasteiger partial charge on any atom is 0.238 e. The summed E-state index contributed by atoms with van der Waals surface area (Å²) in [5.41, 5.74) is 0. The number of carbonyl (C=O) groups excluding carboxylic acids is 1. The number of hydrogen-bond donors (Lipinski definition) is 2. The van der Waals surface area contributed by atoms with Crippen LogP contribution in [0, 0.1) is 0 Å². The molecule has 0 aromatic rings. The van der Waals surface area contributed by atoms with Crippen molar-refractivity contribution in [2.24, 2.45) is 0 Å². The first-order valence-electron chi connectivity index (χ1n) is 5.61. The molecule has 6 heteroatoms. The van der Waals surface area contributed by atoms with Gasteiger partial charge in [-0.15, -0.1) is 0 Å². The summed E-state index contributed by atoms with van der Waals surface area (Å²) < 4.78 is 22.4. The molecule has 16 heavy (non-hydrogen) atoms. The van der Waals surface area contributed by atoms with Crippen LogP contribution in [0.1, 0.15) is 26.2 Å². The molecule has 1 rings (SSSR count). The molecular formula is C10H20N2O3S. The molecule has 1 aliphatic heterocycles. The van der Waals surface area contributed by atoms with Crippen LogP contribution >= 0.6 is 0 Å². The maximum atomic E-state index is 11.7. The Bertz CT molecular complexity index is 332. The van der Waals surface area contributed by atoms with Crippen molar-refractivity contribution in [2.75, 3.05) is 19.3 Å². The van der Waals surface area contributed by atoms with Crippen LogP contribution in [0.5, 0.6) is 0 Å². The highest BCUT2D eigenvalue weighted by Crippen LogP contribution is 2.05. The van der Waals surface area contributed by atoms with E-state index in [1.165, 1.54) is 6.92 Å². The summed E-state index contributed by atoms with van der Waals surface area (Å²) in [6.07, 6.45) is 4.16. The van der Waals surface area contributed by atoms with Gasteiger partial charge in [-0.1, -0.05) is 6.42 Å². The zero-order valence-electron chi connectivity index (χ0n) is 9.82. The summed E-state index contributed by atoms with van der Waals surface area (Å²) in [4.78, 5) is 11.7. The summed E-state index contributed by atoms with van der Waals surface area (Å²) in [5.74, 6) is -0.392. The van der Waals surface area contributed by atoms with Gasteiger partial charge in [-0.25, -0.2) is 8.42 Å². The van der Waals surface area contributed by atoms with E-state index >= 15 is 0 Å². The predicted octanol–water partition coefficient (Wildman–Crippen LogP) is -0.322. The monoisotopic (exact) mass is 248 g/mol. The predicted molar refractivity (Wildman–Crippen MR) is 63.0 cm³/mol. The smallest absolute Gasteiger partial charge is 0.238 e. The van der Waals surface area contributed by atoms with Crippen LogP contribution in [0.2, 0.25) is 0 Å². The molecule has 0 saturated carbocycles. The third kappa shape index (κ3) is 4.09. The van der Waals surface area contributed by atoms with Gasteiger partial charge in [0.2, 0.25) is 5.91 Å². The Kier molecular flexibility index (Phi) is 4.73. The molecule has 0 aromatic carbocycles. The molecule has 0 spiro atoms. The van der Waals surface area contributed by atoms with E-state index in [-0.39, 0.29) is 6.04 Å². The largest absolute Gasteiger partial charge is 0.351 e. The van der Waals surface area contributed by atoms with E-state index in [1.807, 2.05) is 0 Å². The van der Waals surface area contributed by atoms with Crippen molar-refractivity contribution in [1.29, 1.82) is 0 Å². The number of rotatable bonds is 3. The van der Waals surface area contributed by atoms with Crippen LogP contribution in [0.25, 0.3) is 0 Å². The molecule has 2 atom stereocenters. The van der Waals surface area contributed by atoms with Gasteiger partial charge < -0.3 is 10.6 Å². The topological polar surface area (TPSA) is 75.3 Å². The average Bonchev–Trinajstić information content (AvgIpc) is 2.43. The first-order valence-corrected chi connectivity index (χ1v) is 7.56. The van der Waals surface area contributed by atoms with Crippen molar-refractivity contribution in [3.8, 4) is 0 Å². The quantitative estimate of drug-likeness (QED) is 0.717. The third-order valence-electron chi connectivity index (χ3n) is 2.90. The lowest BCUT2D eigenvalue weighted by atomic mass is 10.1. The highest BCUT2D eigenvalue weighted by atomic mass is 32.2. The number of sulfone groups is 1. The molecule has 1 fully saturated rings. The Morgan fingerprint density at radius 1 is 1.44 bits per heavy atom. The Labute approximate surface area is 96.9 Å². The van der Waals surface area contributed by atoms with Crippen LogP contribution in [0.3, 0.4) is 0 Å². The van der Waals surface area contributed by atoms with Gasteiger partial charge in [-0.3, -0.25) is 4.79 Å². The molecule has 0 aliphatic carbocycles. The lowest BCUT2D eigenvalue weighted by Crippen LogP contribution is -2.46. The van der Waals surface area contributed by atoms with Crippen LogP contribution in [-0.4, -0.2) is 45.0 Å². The minimum absolute atomic E-state index is 0.0548. The molecule has 2 N–H and O–H groups in total. The molecule has 2 unspecified atom stereocenters. The second-order valence-corrected chi connectivity index (χ2v) is 6.74. The van der Waals surface area contributed by atoms with E-state index in [1.54, 1.807) is 0 Å². The summed E-state index contributed by atoms with van der Waals surface area (Å²) in [7, 11) is -3.29. The molecule has 1 heterocycles. The molecule has 5 nitrogen and oxygen atoms in total. The van der Waals surface area contributed by atoms with Crippen molar-refractivity contribution < 1.29 is 13.2 Å². The van der Waals surface area contributed by atoms with Crippen LogP contribution < -0.4 is 10.6 Å². The van der Waals surface area contributed by atoms with Crippen molar-refractivity contribution >= 4 is 15.7 Å². The Balaban J connectivity index is 2.50. The summed E-state index contributed by atoms with van der Waals surface area (Å²) in [6, 6.07) is 0.0548. The van der Waals surface area contributed by atoms with E-state index < -0.39 is 21.0 Å². The third-order valence-corrected chi connectivity index (χ3v) is 4.40. The molecule has 94 valence electrons. The minimum Gasteiger partial charge on any atom is -0.351 e. The van der Waals surface area contributed by atoms with Gasteiger partial charge in [0.25, 0.3) is 0 Å². The van der Waals surface area contributed by atoms with Crippen LogP contribution in [0.4, 0.5) is 0 Å². The van der Waals surface area contributed by atoms with Gasteiger partial charge >= 0.3 is 0 Å². The van der Waals surface area contributed by atoms with Crippen molar-refractivity contribution in [2.45, 2.75) is 37.5 Å². The average molecular weight is 248 g/mol. The zero-order valence-corrected chi connectivity index (χ0v) is 10.6. The number of nitrogens with one attached hydrogen (secondary N) is 2. The van der Waals surface area contributed by atoms with Gasteiger partial charge in [0, 0.05) is 18.8 Å². The van der Waals surface area contributed by atoms with Gasteiger partial charge in [-0.2, -0.15) is 0 Å². The first kappa shape index (κ1) is 13.4. The first-order chi connectivity index (χ1) is 7.41. The Morgan fingerprint density at radius 3 is 2.75 bits per heavy atom. The second kappa shape index (κ2) is 5.63. The summed E-state index contributed by atoms with van der Waals surface area (Å²) in [5, 5.41) is 5.04. The molecule has 0 bridgehead atoms. The fourth-order valence-electron chi connectivity index (χ4n) is 1.66. The Morgan fingerprint density at radius 2 is 2.12 bits per heavy atom. The summed E-state index contributed by atoms with van der Waals surface area (Å²) in [6.45, 7) is 3.12. The van der Waals surface area contributed by atoms with Crippen molar-refractivity contribution in [1.82, 2.24) is 10.6 Å². The van der Waals surface area contributed by atoms with Gasteiger partial charge in [0.05, 0.1) is 0 Å². The van der Waals surface area contributed by atoms with Crippen LogP contribution in [0.15, 0.2) is 0 Å². The van der Waals surface area contributed by atoms with Crippen molar-refractivity contribution in [3.63, 3.8) is 0 Å². The number of hydrogen-bond acceptors (Lipinski definition) is 4. The normalized spacial score (nSPS) is 24.5.